The van der Waals surface area contributed by atoms with Crippen molar-refractivity contribution < 1.29 is 9.90 Å². The molecular weight excluding hydrogens is 338 g/mol. The molecule has 8 heteroatoms. The molecule has 0 saturated heterocycles. The van der Waals surface area contributed by atoms with E-state index in [-0.39, 0.29) is 11.8 Å². The van der Waals surface area contributed by atoms with Gasteiger partial charge in [0.25, 0.3) is 5.91 Å². The number of pyridine rings is 1. The predicted molar refractivity (Wildman–Crippen MR) is 95.5 cm³/mol. The number of carbonyl (C=O) groups excluding carboxylic acids is 1. The number of carbonyl (C=O) groups is 1. The normalized spacial score (nSPS) is 12.7. The number of aromatic nitrogens is 4. The van der Waals surface area contributed by atoms with Crippen molar-refractivity contribution in [3.05, 3.63) is 45.3 Å². The second-order valence-corrected chi connectivity index (χ2v) is 7.60. The van der Waals surface area contributed by atoms with E-state index in [1.54, 1.807) is 34.1 Å². The lowest BCUT2D eigenvalue weighted by Crippen LogP contribution is -2.23. The lowest BCUT2D eigenvalue weighted by Gasteiger charge is -2.12. The smallest absolute Gasteiger partial charge is 0.253 e. The summed E-state index contributed by atoms with van der Waals surface area (Å²) in [4.78, 5) is 17.9. The minimum absolute atomic E-state index is 0.00225. The van der Waals surface area contributed by atoms with Crippen molar-refractivity contribution in [2.75, 3.05) is 0 Å². The molecule has 0 radical (unpaired) electrons. The number of nitrogens with zero attached hydrogens (tertiary/aromatic N) is 4. The fraction of sp³-hybridized carbons (Fsp3) is 0.412. The van der Waals surface area contributed by atoms with Crippen LogP contribution in [0.5, 0.6) is 0 Å². The molecule has 1 amide bonds. The zero-order valence-corrected chi connectivity index (χ0v) is 15.5. The number of aliphatic hydroxyl groups excluding tert-OH is 1. The van der Waals surface area contributed by atoms with Gasteiger partial charge in [0, 0.05) is 11.1 Å². The van der Waals surface area contributed by atoms with Crippen LogP contribution in [0.3, 0.4) is 0 Å². The van der Waals surface area contributed by atoms with E-state index in [2.05, 4.69) is 20.5 Å². The second-order valence-electron chi connectivity index (χ2n) is 6.32. The highest BCUT2D eigenvalue weighted by Crippen LogP contribution is 2.21. The number of hydrogen-bond donors (Lipinski definition) is 2. The lowest BCUT2D eigenvalue weighted by atomic mass is 10.1. The standard InChI is InChI=1S/C17H21N5O2S/c1-9(2)15(23)16-21-20-14-6-5-12(8-22(14)16)17(24)18-7-13-10(3)19-11(4)25-13/h5-6,8-9,15,23H,7H2,1-4H3,(H,18,24). The van der Waals surface area contributed by atoms with Gasteiger partial charge in [-0.2, -0.15) is 0 Å². The molecule has 0 aromatic carbocycles. The van der Waals surface area contributed by atoms with Crippen LogP contribution in [0.4, 0.5) is 0 Å². The Morgan fingerprint density at radius 3 is 2.72 bits per heavy atom. The molecule has 25 heavy (non-hydrogen) atoms. The van der Waals surface area contributed by atoms with E-state index in [1.807, 2.05) is 27.7 Å². The molecule has 132 valence electrons. The first-order chi connectivity index (χ1) is 11.9. The number of fused-ring (bicyclic) bond motifs is 1. The summed E-state index contributed by atoms with van der Waals surface area (Å²) in [5.74, 6) is 0.252. The molecular formula is C17H21N5O2S. The van der Waals surface area contributed by atoms with Crippen LogP contribution in [0.15, 0.2) is 18.3 Å². The zero-order valence-electron chi connectivity index (χ0n) is 14.6. The number of aryl methyl sites for hydroxylation is 2. The Balaban J connectivity index is 1.81. The van der Waals surface area contributed by atoms with Crippen LogP contribution in [0.25, 0.3) is 5.65 Å². The first-order valence-electron chi connectivity index (χ1n) is 8.10. The molecule has 1 unspecified atom stereocenters. The number of hydrogen-bond acceptors (Lipinski definition) is 6. The summed E-state index contributed by atoms with van der Waals surface area (Å²) >= 11 is 1.58. The molecule has 3 aromatic heterocycles. The summed E-state index contributed by atoms with van der Waals surface area (Å²) in [6.07, 6.45) is 0.923. The van der Waals surface area contributed by atoms with E-state index in [9.17, 15) is 9.90 Å². The van der Waals surface area contributed by atoms with E-state index < -0.39 is 6.10 Å². The molecule has 2 N–H and O–H groups in total. The second kappa shape index (κ2) is 6.89. The van der Waals surface area contributed by atoms with Gasteiger partial charge in [-0.15, -0.1) is 21.5 Å². The Hall–Kier alpha value is -2.32. The number of aliphatic hydroxyl groups is 1. The number of rotatable bonds is 5. The van der Waals surface area contributed by atoms with E-state index >= 15 is 0 Å². The number of amides is 1. The minimum Gasteiger partial charge on any atom is -0.385 e. The highest BCUT2D eigenvalue weighted by Gasteiger charge is 2.19. The van der Waals surface area contributed by atoms with Crippen molar-refractivity contribution in [2.24, 2.45) is 5.92 Å². The summed E-state index contributed by atoms with van der Waals surface area (Å²) in [5.41, 5.74) is 2.03. The van der Waals surface area contributed by atoms with Crippen molar-refractivity contribution in [3.63, 3.8) is 0 Å². The maximum absolute atomic E-state index is 12.5. The molecule has 0 bridgehead atoms. The molecule has 0 saturated carbocycles. The molecule has 0 aliphatic carbocycles. The summed E-state index contributed by atoms with van der Waals surface area (Å²) < 4.78 is 1.67. The average Bonchev–Trinajstić information content (AvgIpc) is 3.13. The van der Waals surface area contributed by atoms with Gasteiger partial charge >= 0.3 is 0 Å². The van der Waals surface area contributed by atoms with Crippen molar-refractivity contribution in [3.8, 4) is 0 Å². The minimum atomic E-state index is -0.740. The van der Waals surface area contributed by atoms with Crippen molar-refractivity contribution in [1.82, 2.24) is 24.9 Å². The third-order valence-corrected chi connectivity index (χ3v) is 5.07. The highest BCUT2D eigenvalue weighted by atomic mass is 32.1. The summed E-state index contributed by atoms with van der Waals surface area (Å²) in [7, 11) is 0. The lowest BCUT2D eigenvalue weighted by molar-refractivity contribution is 0.0950. The van der Waals surface area contributed by atoms with Crippen LogP contribution in [0.1, 0.15) is 51.7 Å². The molecule has 3 heterocycles. The molecule has 3 rings (SSSR count). The van der Waals surface area contributed by atoms with Crippen molar-refractivity contribution in [2.45, 2.75) is 40.3 Å². The van der Waals surface area contributed by atoms with Gasteiger partial charge in [0.15, 0.2) is 11.5 Å². The number of nitrogens with one attached hydrogen (secondary N) is 1. The van der Waals surface area contributed by atoms with E-state index in [0.29, 0.717) is 23.6 Å². The maximum Gasteiger partial charge on any atom is 0.253 e. The SMILES string of the molecule is Cc1nc(C)c(CNC(=O)c2ccc3nnc(C(O)C(C)C)n3c2)s1. The fourth-order valence-corrected chi connectivity index (χ4v) is 3.42. The third kappa shape index (κ3) is 3.54. The summed E-state index contributed by atoms with van der Waals surface area (Å²) in [6, 6.07) is 3.43. The van der Waals surface area contributed by atoms with Gasteiger partial charge < -0.3 is 10.4 Å². The molecule has 0 spiro atoms. The molecule has 3 aromatic rings. The van der Waals surface area contributed by atoms with Gasteiger partial charge in [-0.3, -0.25) is 9.20 Å². The van der Waals surface area contributed by atoms with Crippen LogP contribution in [-0.2, 0) is 6.54 Å². The first-order valence-corrected chi connectivity index (χ1v) is 8.92. The van der Waals surface area contributed by atoms with Crippen LogP contribution in [-0.4, -0.2) is 30.6 Å². The quantitative estimate of drug-likeness (QED) is 0.730. The van der Waals surface area contributed by atoms with Crippen LogP contribution < -0.4 is 5.32 Å². The fourth-order valence-electron chi connectivity index (χ4n) is 2.54. The molecule has 7 nitrogen and oxygen atoms in total. The number of thiazole rings is 1. The van der Waals surface area contributed by atoms with E-state index in [4.69, 9.17) is 0 Å². The zero-order chi connectivity index (χ0) is 18.1. The largest absolute Gasteiger partial charge is 0.385 e. The average molecular weight is 359 g/mol. The third-order valence-electron chi connectivity index (χ3n) is 4.00. The topological polar surface area (TPSA) is 92.4 Å². The van der Waals surface area contributed by atoms with Crippen LogP contribution in [0.2, 0.25) is 0 Å². The Bertz CT molecular complexity index is 915. The van der Waals surface area contributed by atoms with Gasteiger partial charge in [0.05, 0.1) is 22.8 Å². The predicted octanol–water partition coefficient (Wildman–Crippen LogP) is 2.42. The molecule has 0 aliphatic rings. The molecule has 0 aliphatic heterocycles. The Labute approximate surface area is 149 Å². The van der Waals surface area contributed by atoms with E-state index in [0.717, 1.165) is 15.6 Å². The summed E-state index contributed by atoms with van der Waals surface area (Å²) in [5, 5.41) is 22.3. The van der Waals surface area contributed by atoms with E-state index in [1.165, 1.54) is 0 Å². The van der Waals surface area contributed by atoms with Gasteiger partial charge in [0.2, 0.25) is 0 Å². The van der Waals surface area contributed by atoms with Gasteiger partial charge in [-0.1, -0.05) is 13.8 Å². The first kappa shape index (κ1) is 17.5. The van der Waals surface area contributed by atoms with Crippen LogP contribution in [0, 0.1) is 19.8 Å². The Kier molecular flexibility index (Phi) is 4.82. The van der Waals surface area contributed by atoms with Crippen molar-refractivity contribution in [1.29, 1.82) is 0 Å². The van der Waals surface area contributed by atoms with Gasteiger partial charge in [-0.25, -0.2) is 4.98 Å². The Morgan fingerprint density at radius 2 is 2.08 bits per heavy atom. The van der Waals surface area contributed by atoms with Gasteiger partial charge in [-0.05, 0) is 31.9 Å². The van der Waals surface area contributed by atoms with Crippen LogP contribution >= 0.6 is 11.3 Å². The molecule has 0 fully saturated rings. The maximum atomic E-state index is 12.5. The highest BCUT2D eigenvalue weighted by molar-refractivity contribution is 7.11. The molecule has 1 atom stereocenters. The summed E-state index contributed by atoms with van der Waals surface area (Å²) in [6.45, 7) is 8.14. The monoisotopic (exact) mass is 359 g/mol. The van der Waals surface area contributed by atoms with Gasteiger partial charge in [0.1, 0.15) is 6.10 Å². The van der Waals surface area contributed by atoms with Crippen molar-refractivity contribution >= 4 is 22.9 Å². The Morgan fingerprint density at radius 1 is 1.32 bits per heavy atom.